The maximum atomic E-state index is 13.3. The predicted molar refractivity (Wildman–Crippen MR) is 131 cm³/mol. The van der Waals surface area contributed by atoms with E-state index >= 15 is 0 Å². The van der Waals surface area contributed by atoms with Crippen molar-refractivity contribution in [3.05, 3.63) is 65.2 Å². The van der Waals surface area contributed by atoms with Gasteiger partial charge in [-0.2, -0.15) is 26.3 Å². The van der Waals surface area contributed by atoms with Crippen LogP contribution in [0.3, 0.4) is 0 Å². The Morgan fingerprint density at radius 3 is 1.87 bits per heavy atom. The summed E-state index contributed by atoms with van der Waals surface area (Å²) in [6, 6.07) is 8.65. The predicted octanol–water partition coefficient (Wildman–Crippen LogP) is 6.63. The van der Waals surface area contributed by atoms with Crippen molar-refractivity contribution in [1.29, 1.82) is 0 Å². The third-order valence-electron chi connectivity index (χ3n) is 6.04. The van der Waals surface area contributed by atoms with E-state index in [4.69, 9.17) is 4.74 Å². The van der Waals surface area contributed by atoms with E-state index in [0.29, 0.717) is 54.8 Å². The van der Waals surface area contributed by atoms with Crippen LogP contribution in [-0.2, 0) is 17.1 Å². The largest absolute Gasteiger partial charge is 0.444 e. The van der Waals surface area contributed by atoms with E-state index in [1.165, 1.54) is 29.2 Å². The summed E-state index contributed by atoms with van der Waals surface area (Å²) in [6.45, 7) is 6.49. The van der Waals surface area contributed by atoms with Gasteiger partial charge < -0.3 is 14.5 Å². The quantitative estimate of drug-likeness (QED) is 0.334. The maximum Gasteiger partial charge on any atom is 0.416 e. The standard InChI is InChI=1S/C27H25F6N3O3/c1-25(2,3)39-24(38)36-10-8-35(9-11-36)23(37)17-5-7-21-16(12-17)4-6-22(34-21)18-13-19(26(28,29)30)15-20(14-18)27(31,32)33/h4-7,12-15H,8-11H2,1-3H3. The summed E-state index contributed by atoms with van der Waals surface area (Å²) in [6.07, 6.45) is -10.4. The fourth-order valence-corrected chi connectivity index (χ4v) is 4.12. The van der Waals surface area contributed by atoms with Crippen molar-refractivity contribution in [1.82, 2.24) is 14.8 Å². The van der Waals surface area contributed by atoms with Crippen LogP contribution in [0.25, 0.3) is 22.2 Å². The van der Waals surface area contributed by atoms with Crippen molar-refractivity contribution < 1.29 is 40.7 Å². The van der Waals surface area contributed by atoms with Gasteiger partial charge in [-0.25, -0.2) is 9.78 Å². The highest BCUT2D eigenvalue weighted by atomic mass is 19.4. The fourth-order valence-electron chi connectivity index (χ4n) is 4.12. The molecule has 0 bridgehead atoms. The number of alkyl halides is 6. The molecule has 0 atom stereocenters. The van der Waals surface area contributed by atoms with Crippen molar-refractivity contribution >= 4 is 22.9 Å². The number of aromatic nitrogens is 1. The summed E-state index contributed by atoms with van der Waals surface area (Å²) in [5.74, 6) is -0.280. The topological polar surface area (TPSA) is 62.7 Å². The van der Waals surface area contributed by atoms with Crippen LogP contribution in [0.15, 0.2) is 48.5 Å². The average Bonchev–Trinajstić information content (AvgIpc) is 2.85. The summed E-state index contributed by atoms with van der Waals surface area (Å²) in [5, 5.41) is 0.486. The maximum absolute atomic E-state index is 13.3. The second-order valence-electron chi connectivity index (χ2n) is 10.2. The van der Waals surface area contributed by atoms with Crippen LogP contribution in [0.2, 0.25) is 0 Å². The van der Waals surface area contributed by atoms with Crippen molar-refractivity contribution in [2.45, 2.75) is 38.7 Å². The molecule has 4 rings (SSSR count). The Balaban J connectivity index is 1.54. The van der Waals surface area contributed by atoms with Gasteiger partial charge in [0.25, 0.3) is 5.91 Å². The first-order valence-electron chi connectivity index (χ1n) is 12.0. The van der Waals surface area contributed by atoms with Gasteiger partial charge in [-0.1, -0.05) is 6.07 Å². The van der Waals surface area contributed by atoms with Crippen LogP contribution in [0, 0.1) is 0 Å². The number of hydrogen-bond donors (Lipinski definition) is 0. The van der Waals surface area contributed by atoms with Gasteiger partial charge in [-0.15, -0.1) is 0 Å². The van der Waals surface area contributed by atoms with E-state index in [-0.39, 0.29) is 23.2 Å². The Kier molecular flexibility index (Phi) is 7.26. The number of piperazine rings is 1. The molecule has 2 heterocycles. The highest BCUT2D eigenvalue weighted by Gasteiger charge is 2.37. The normalized spacial score (nSPS) is 15.0. The smallest absolute Gasteiger partial charge is 0.416 e. The van der Waals surface area contributed by atoms with Crippen molar-refractivity contribution in [3.63, 3.8) is 0 Å². The third-order valence-corrected chi connectivity index (χ3v) is 6.04. The number of benzene rings is 2. The Morgan fingerprint density at radius 2 is 1.33 bits per heavy atom. The van der Waals surface area contributed by atoms with Crippen molar-refractivity contribution in [2.75, 3.05) is 26.2 Å². The average molecular weight is 554 g/mol. The molecule has 2 aromatic carbocycles. The van der Waals surface area contributed by atoms with Gasteiger partial charge >= 0.3 is 18.4 Å². The molecule has 1 aliphatic heterocycles. The summed E-state index contributed by atoms with van der Waals surface area (Å²) in [4.78, 5) is 32.7. The lowest BCUT2D eigenvalue weighted by Gasteiger charge is -2.35. The molecule has 1 aromatic heterocycles. The molecule has 3 aromatic rings. The second-order valence-corrected chi connectivity index (χ2v) is 10.2. The molecule has 208 valence electrons. The van der Waals surface area contributed by atoms with Gasteiger partial charge in [0.15, 0.2) is 0 Å². The number of carbonyl (C=O) groups excluding carboxylic acids is 2. The zero-order chi connectivity index (χ0) is 28.8. The monoisotopic (exact) mass is 553 g/mol. The van der Waals surface area contributed by atoms with E-state index in [1.807, 2.05) is 0 Å². The Bertz CT molecular complexity index is 1370. The number of fused-ring (bicyclic) bond motifs is 1. The minimum absolute atomic E-state index is 0.0652. The van der Waals surface area contributed by atoms with Gasteiger partial charge in [0.05, 0.1) is 22.3 Å². The van der Waals surface area contributed by atoms with Crippen LogP contribution < -0.4 is 0 Å². The first-order chi connectivity index (χ1) is 18.0. The summed E-state index contributed by atoms with van der Waals surface area (Å²) < 4.78 is 84.9. The molecule has 0 aliphatic carbocycles. The molecule has 0 unspecified atom stereocenters. The van der Waals surface area contributed by atoms with E-state index in [1.54, 1.807) is 31.7 Å². The minimum atomic E-state index is -4.97. The molecule has 1 saturated heterocycles. The lowest BCUT2D eigenvalue weighted by molar-refractivity contribution is -0.143. The summed E-state index contributed by atoms with van der Waals surface area (Å²) in [7, 11) is 0. The van der Waals surface area contributed by atoms with E-state index < -0.39 is 35.2 Å². The second kappa shape index (κ2) is 10.0. The van der Waals surface area contributed by atoms with Gasteiger partial charge in [0.1, 0.15) is 5.60 Å². The number of pyridine rings is 1. The number of halogens is 6. The first-order valence-corrected chi connectivity index (χ1v) is 12.0. The number of amides is 2. The molecule has 0 saturated carbocycles. The highest BCUT2D eigenvalue weighted by molar-refractivity contribution is 5.98. The van der Waals surface area contributed by atoms with Crippen LogP contribution in [0.1, 0.15) is 42.3 Å². The third kappa shape index (κ3) is 6.61. The molecular weight excluding hydrogens is 528 g/mol. The molecule has 2 amide bonds. The Hall–Kier alpha value is -3.83. The van der Waals surface area contributed by atoms with E-state index in [9.17, 15) is 35.9 Å². The number of carbonyl (C=O) groups is 2. The van der Waals surface area contributed by atoms with E-state index in [0.717, 1.165) is 0 Å². The van der Waals surface area contributed by atoms with Crippen molar-refractivity contribution in [3.8, 4) is 11.3 Å². The number of rotatable bonds is 2. The van der Waals surface area contributed by atoms with E-state index in [2.05, 4.69) is 4.98 Å². The molecule has 12 heteroatoms. The number of nitrogens with zero attached hydrogens (tertiary/aromatic N) is 3. The van der Waals surface area contributed by atoms with Crippen LogP contribution in [-0.4, -0.2) is 58.6 Å². The molecule has 0 radical (unpaired) electrons. The highest BCUT2D eigenvalue weighted by Crippen LogP contribution is 2.38. The molecule has 1 aliphatic rings. The summed E-state index contributed by atoms with van der Waals surface area (Å²) >= 11 is 0. The minimum Gasteiger partial charge on any atom is -0.444 e. The Morgan fingerprint density at radius 1 is 0.769 bits per heavy atom. The first kappa shape index (κ1) is 28.2. The lowest BCUT2D eigenvalue weighted by atomic mass is 10.0. The molecule has 0 spiro atoms. The van der Waals surface area contributed by atoms with Gasteiger partial charge in [-0.05, 0) is 63.2 Å². The van der Waals surface area contributed by atoms with Crippen LogP contribution >= 0.6 is 0 Å². The SMILES string of the molecule is CC(C)(C)OC(=O)N1CCN(C(=O)c2ccc3nc(-c4cc(C(F)(F)F)cc(C(F)(F)F)c4)ccc3c2)CC1. The van der Waals surface area contributed by atoms with Crippen LogP contribution in [0.5, 0.6) is 0 Å². The van der Waals surface area contributed by atoms with Crippen molar-refractivity contribution in [2.24, 2.45) is 0 Å². The molecule has 1 fully saturated rings. The van der Waals surface area contributed by atoms with Gasteiger partial charge in [-0.3, -0.25) is 4.79 Å². The number of ether oxygens (including phenoxy) is 1. The molecule has 0 N–H and O–H groups in total. The molecule has 39 heavy (non-hydrogen) atoms. The van der Waals surface area contributed by atoms with Crippen LogP contribution in [0.4, 0.5) is 31.1 Å². The fraction of sp³-hybridized carbons (Fsp3) is 0.370. The number of hydrogen-bond acceptors (Lipinski definition) is 4. The summed E-state index contributed by atoms with van der Waals surface area (Å²) in [5.41, 5.74) is -3.27. The molecular formula is C27H25F6N3O3. The zero-order valence-corrected chi connectivity index (χ0v) is 21.3. The van der Waals surface area contributed by atoms with Gasteiger partial charge in [0, 0.05) is 42.7 Å². The van der Waals surface area contributed by atoms with Gasteiger partial charge in [0.2, 0.25) is 0 Å². The lowest BCUT2D eigenvalue weighted by Crippen LogP contribution is -2.51. The zero-order valence-electron chi connectivity index (χ0n) is 21.3. The molecule has 6 nitrogen and oxygen atoms in total. The Labute approximate surface area is 220 Å².